The van der Waals surface area contributed by atoms with E-state index >= 15 is 0 Å². The molecule has 3 aromatic rings. The molecular weight excluding hydrogens is 424 g/mol. The number of anilines is 1. The molecule has 0 aliphatic heterocycles. The minimum atomic E-state index is -3.78. The molecule has 30 heavy (non-hydrogen) atoms. The zero-order chi connectivity index (χ0) is 21.7. The van der Waals surface area contributed by atoms with Gasteiger partial charge in [-0.3, -0.25) is 9.52 Å². The van der Waals surface area contributed by atoms with Crippen LogP contribution < -0.4 is 14.8 Å². The number of methoxy groups -OCH3 is 1. The highest BCUT2D eigenvalue weighted by atomic mass is 35.5. The Morgan fingerprint density at radius 2 is 1.53 bits per heavy atom. The van der Waals surface area contributed by atoms with Crippen molar-refractivity contribution in [3.8, 4) is 5.75 Å². The number of benzene rings is 3. The van der Waals surface area contributed by atoms with E-state index in [1.807, 2.05) is 19.1 Å². The lowest BCUT2D eigenvalue weighted by atomic mass is 10.1. The number of carbonyl (C=O) groups is 1. The second-order valence-corrected chi connectivity index (χ2v) is 8.72. The van der Waals surface area contributed by atoms with Crippen molar-refractivity contribution in [1.29, 1.82) is 0 Å². The van der Waals surface area contributed by atoms with E-state index in [4.69, 9.17) is 16.3 Å². The van der Waals surface area contributed by atoms with Crippen LogP contribution in [0.4, 0.5) is 5.69 Å². The Kier molecular flexibility index (Phi) is 6.64. The van der Waals surface area contributed by atoms with Crippen LogP contribution in [0.2, 0.25) is 5.02 Å². The maximum atomic E-state index is 12.6. The van der Waals surface area contributed by atoms with Gasteiger partial charge in [-0.1, -0.05) is 23.7 Å². The van der Waals surface area contributed by atoms with Gasteiger partial charge in [-0.2, -0.15) is 0 Å². The van der Waals surface area contributed by atoms with Gasteiger partial charge in [-0.25, -0.2) is 8.42 Å². The Labute approximate surface area is 180 Å². The average Bonchev–Trinajstić information content (AvgIpc) is 2.74. The van der Waals surface area contributed by atoms with E-state index in [0.29, 0.717) is 22.0 Å². The van der Waals surface area contributed by atoms with Crippen molar-refractivity contribution in [3.63, 3.8) is 0 Å². The maximum Gasteiger partial charge on any atom is 0.261 e. The number of sulfonamides is 1. The third kappa shape index (κ3) is 5.31. The van der Waals surface area contributed by atoms with Crippen LogP contribution >= 0.6 is 11.6 Å². The van der Waals surface area contributed by atoms with Gasteiger partial charge >= 0.3 is 0 Å². The number of carbonyl (C=O) groups excluding carboxylic acids is 1. The highest BCUT2D eigenvalue weighted by Gasteiger charge is 2.16. The first kappa shape index (κ1) is 21.7. The maximum absolute atomic E-state index is 12.6. The van der Waals surface area contributed by atoms with Crippen LogP contribution in [0.3, 0.4) is 0 Å². The summed E-state index contributed by atoms with van der Waals surface area (Å²) in [6, 6.07) is 19.3. The lowest BCUT2D eigenvalue weighted by Gasteiger charge is -2.15. The fourth-order valence-electron chi connectivity index (χ4n) is 2.77. The molecule has 0 fully saturated rings. The summed E-state index contributed by atoms with van der Waals surface area (Å²) in [7, 11) is -2.25. The van der Waals surface area contributed by atoms with Crippen molar-refractivity contribution >= 4 is 33.2 Å². The quantitative estimate of drug-likeness (QED) is 0.556. The van der Waals surface area contributed by atoms with Gasteiger partial charge in [0.05, 0.1) is 18.0 Å². The Morgan fingerprint density at radius 3 is 2.10 bits per heavy atom. The van der Waals surface area contributed by atoms with E-state index in [-0.39, 0.29) is 16.8 Å². The number of ether oxygens (including phenoxy) is 1. The molecule has 3 rings (SSSR count). The summed E-state index contributed by atoms with van der Waals surface area (Å²) in [5.74, 6) is 0.325. The van der Waals surface area contributed by atoms with Crippen molar-refractivity contribution in [1.82, 2.24) is 5.32 Å². The first-order valence-corrected chi connectivity index (χ1v) is 11.0. The van der Waals surface area contributed by atoms with Crippen molar-refractivity contribution < 1.29 is 17.9 Å². The average molecular weight is 445 g/mol. The molecule has 0 saturated heterocycles. The molecule has 3 aromatic carbocycles. The summed E-state index contributed by atoms with van der Waals surface area (Å²) in [4.78, 5) is 12.5. The van der Waals surface area contributed by atoms with Crippen LogP contribution in [0.1, 0.15) is 28.9 Å². The lowest BCUT2D eigenvalue weighted by Crippen LogP contribution is -2.26. The number of hydrogen-bond donors (Lipinski definition) is 2. The van der Waals surface area contributed by atoms with E-state index in [0.717, 1.165) is 5.56 Å². The smallest absolute Gasteiger partial charge is 0.261 e. The number of hydrogen-bond acceptors (Lipinski definition) is 4. The van der Waals surface area contributed by atoms with Crippen LogP contribution in [0.15, 0.2) is 77.7 Å². The van der Waals surface area contributed by atoms with Crippen LogP contribution in [0.25, 0.3) is 0 Å². The molecule has 6 nitrogen and oxygen atoms in total. The van der Waals surface area contributed by atoms with Gasteiger partial charge < -0.3 is 10.1 Å². The predicted octanol–water partition coefficient (Wildman–Crippen LogP) is 4.64. The van der Waals surface area contributed by atoms with E-state index < -0.39 is 10.0 Å². The topological polar surface area (TPSA) is 84.5 Å². The number of amides is 1. The van der Waals surface area contributed by atoms with Gasteiger partial charge in [-0.15, -0.1) is 0 Å². The molecule has 0 aliphatic rings. The Hall–Kier alpha value is -3.03. The predicted molar refractivity (Wildman–Crippen MR) is 118 cm³/mol. The molecule has 0 spiro atoms. The fourth-order valence-corrected chi connectivity index (χ4v) is 3.96. The zero-order valence-corrected chi connectivity index (χ0v) is 18.0. The van der Waals surface area contributed by atoms with Gasteiger partial charge in [0.25, 0.3) is 15.9 Å². The van der Waals surface area contributed by atoms with Crippen LogP contribution in [-0.4, -0.2) is 21.4 Å². The van der Waals surface area contributed by atoms with Gasteiger partial charge in [0, 0.05) is 16.3 Å². The molecule has 0 saturated carbocycles. The SMILES string of the molecule is COc1ccc(NS(=O)(=O)c2ccc(C(=O)NC(C)c3ccc(Cl)cc3)cc2)cc1. The number of rotatable bonds is 7. The van der Waals surface area contributed by atoms with Gasteiger partial charge in [0.1, 0.15) is 5.75 Å². The summed E-state index contributed by atoms with van der Waals surface area (Å²) < 4.78 is 32.7. The monoisotopic (exact) mass is 444 g/mol. The molecule has 1 amide bonds. The molecule has 8 heteroatoms. The summed E-state index contributed by atoms with van der Waals surface area (Å²) in [6.07, 6.45) is 0. The standard InChI is InChI=1S/C22H21ClN2O4S/c1-15(16-3-7-18(23)8-4-16)24-22(26)17-5-13-21(14-6-17)30(27,28)25-19-9-11-20(29-2)12-10-19/h3-15,25H,1-2H3,(H,24,26). The summed E-state index contributed by atoms with van der Waals surface area (Å²) >= 11 is 5.89. The molecule has 0 aliphatic carbocycles. The van der Waals surface area contributed by atoms with Crippen LogP contribution in [-0.2, 0) is 10.0 Å². The summed E-state index contributed by atoms with van der Waals surface area (Å²) in [5.41, 5.74) is 1.68. The fraction of sp³-hybridized carbons (Fsp3) is 0.136. The molecule has 0 aromatic heterocycles. The summed E-state index contributed by atoms with van der Waals surface area (Å²) in [5, 5.41) is 3.50. The first-order valence-electron chi connectivity index (χ1n) is 9.12. The van der Waals surface area contributed by atoms with Crippen molar-refractivity contribution in [2.45, 2.75) is 17.9 Å². The van der Waals surface area contributed by atoms with E-state index in [9.17, 15) is 13.2 Å². The molecule has 1 unspecified atom stereocenters. The van der Waals surface area contributed by atoms with Crippen LogP contribution in [0, 0.1) is 0 Å². The third-order valence-corrected chi connectivity index (χ3v) is 6.14. The van der Waals surface area contributed by atoms with Gasteiger partial charge in [0.2, 0.25) is 0 Å². The second kappa shape index (κ2) is 9.19. The van der Waals surface area contributed by atoms with Gasteiger partial charge in [0.15, 0.2) is 0 Å². The van der Waals surface area contributed by atoms with Crippen molar-refractivity contribution in [2.75, 3.05) is 11.8 Å². The molecule has 0 heterocycles. The van der Waals surface area contributed by atoms with Crippen molar-refractivity contribution in [3.05, 3.63) is 88.9 Å². The van der Waals surface area contributed by atoms with E-state index in [1.165, 1.54) is 31.4 Å². The number of halogens is 1. The molecule has 156 valence electrons. The molecule has 0 radical (unpaired) electrons. The molecular formula is C22H21ClN2O4S. The third-order valence-electron chi connectivity index (χ3n) is 4.49. The lowest BCUT2D eigenvalue weighted by molar-refractivity contribution is 0.0940. The first-order chi connectivity index (χ1) is 14.3. The van der Waals surface area contributed by atoms with E-state index in [1.54, 1.807) is 36.4 Å². The summed E-state index contributed by atoms with van der Waals surface area (Å²) in [6.45, 7) is 1.86. The largest absolute Gasteiger partial charge is 0.497 e. The Morgan fingerprint density at radius 1 is 0.933 bits per heavy atom. The second-order valence-electron chi connectivity index (χ2n) is 6.61. The van der Waals surface area contributed by atoms with Crippen LogP contribution in [0.5, 0.6) is 5.75 Å². The normalized spacial score (nSPS) is 12.1. The zero-order valence-electron chi connectivity index (χ0n) is 16.4. The number of nitrogens with one attached hydrogen (secondary N) is 2. The minimum Gasteiger partial charge on any atom is -0.497 e. The molecule has 1 atom stereocenters. The highest BCUT2D eigenvalue weighted by molar-refractivity contribution is 7.92. The Balaban J connectivity index is 1.68. The molecule has 0 bridgehead atoms. The van der Waals surface area contributed by atoms with Gasteiger partial charge in [-0.05, 0) is 73.2 Å². The van der Waals surface area contributed by atoms with E-state index in [2.05, 4.69) is 10.0 Å². The Bertz CT molecular complexity index is 1110. The minimum absolute atomic E-state index is 0.0561. The highest BCUT2D eigenvalue weighted by Crippen LogP contribution is 2.20. The molecule has 2 N–H and O–H groups in total. The van der Waals surface area contributed by atoms with Crippen molar-refractivity contribution in [2.24, 2.45) is 0 Å².